The van der Waals surface area contributed by atoms with Crippen molar-refractivity contribution in [3.8, 4) is 0 Å². The summed E-state index contributed by atoms with van der Waals surface area (Å²) in [4.78, 5) is 39.4. The fourth-order valence-electron chi connectivity index (χ4n) is 3.72. The molecule has 7 nitrogen and oxygen atoms in total. The molecule has 3 amide bonds. The molecular weight excluding hydrogens is 440 g/mol. The van der Waals surface area contributed by atoms with E-state index in [1.165, 1.54) is 0 Å². The first-order valence-electron chi connectivity index (χ1n) is 11.8. The highest BCUT2D eigenvalue weighted by atomic mass is 16.2. The molecule has 0 heterocycles. The molecule has 35 heavy (non-hydrogen) atoms. The Morgan fingerprint density at radius 2 is 1.49 bits per heavy atom. The summed E-state index contributed by atoms with van der Waals surface area (Å²) in [6, 6.07) is 23.9. The maximum atomic E-state index is 12.7. The van der Waals surface area contributed by atoms with E-state index >= 15 is 0 Å². The van der Waals surface area contributed by atoms with Crippen molar-refractivity contribution in [1.82, 2.24) is 10.2 Å². The van der Waals surface area contributed by atoms with Gasteiger partial charge < -0.3 is 16.0 Å². The molecular formula is C28H30N4O3. The highest BCUT2D eigenvalue weighted by molar-refractivity contribution is 6.04. The zero-order valence-electron chi connectivity index (χ0n) is 20.0. The molecule has 180 valence electrons. The lowest BCUT2D eigenvalue weighted by Crippen LogP contribution is -2.32. The predicted molar refractivity (Wildman–Crippen MR) is 137 cm³/mol. The smallest absolute Gasteiger partial charge is 0.255 e. The van der Waals surface area contributed by atoms with Gasteiger partial charge in [-0.2, -0.15) is 0 Å². The van der Waals surface area contributed by atoms with Gasteiger partial charge in [0.25, 0.3) is 11.8 Å². The number of nitrogens with zero attached hydrogens (tertiary/aromatic N) is 1. The molecule has 1 aliphatic carbocycles. The molecule has 3 aromatic carbocycles. The van der Waals surface area contributed by atoms with Crippen molar-refractivity contribution in [3.63, 3.8) is 0 Å². The third-order valence-corrected chi connectivity index (χ3v) is 6.04. The highest BCUT2D eigenvalue weighted by Gasteiger charge is 2.24. The molecule has 1 unspecified atom stereocenters. The molecule has 0 spiro atoms. The number of hydrogen-bond donors (Lipinski definition) is 3. The van der Waals surface area contributed by atoms with Crippen molar-refractivity contribution >= 4 is 29.1 Å². The third-order valence-electron chi connectivity index (χ3n) is 6.04. The van der Waals surface area contributed by atoms with Crippen LogP contribution in [0.5, 0.6) is 0 Å². The van der Waals surface area contributed by atoms with Crippen LogP contribution in [0.4, 0.5) is 11.4 Å². The number of hydrogen-bond acceptors (Lipinski definition) is 4. The standard InChI is InChI=1S/C28H30N4O3/c1-19(21-10-6-13-25(16-21)31-27(34)20-8-4-3-5-9-20)32(2)18-26(33)29-24-12-7-11-22(17-24)28(35)30-23-14-15-23/h3-13,16-17,19,23H,14-15,18H2,1-2H3,(H,29,33)(H,30,35)(H,31,34). The van der Waals surface area contributed by atoms with E-state index in [4.69, 9.17) is 0 Å². The second kappa shape index (κ2) is 11.0. The number of benzene rings is 3. The van der Waals surface area contributed by atoms with E-state index in [2.05, 4.69) is 16.0 Å². The van der Waals surface area contributed by atoms with Gasteiger partial charge in [0.15, 0.2) is 0 Å². The molecule has 4 rings (SSSR count). The number of carbonyl (C=O) groups excluding carboxylic acids is 3. The van der Waals surface area contributed by atoms with E-state index in [1.54, 1.807) is 36.4 Å². The maximum Gasteiger partial charge on any atom is 0.255 e. The summed E-state index contributed by atoms with van der Waals surface area (Å²) in [7, 11) is 1.87. The molecule has 1 atom stereocenters. The Kier molecular flexibility index (Phi) is 7.57. The highest BCUT2D eigenvalue weighted by Crippen LogP contribution is 2.23. The van der Waals surface area contributed by atoms with E-state index in [0.717, 1.165) is 18.4 Å². The lowest BCUT2D eigenvalue weighted by Gasteiger charge is -2.25. The minimum absolute atomic E-state index is 0.0648. The second-order valence-corrected chi connectivity index (χ2v) is 8.91. The zero-order valence-corrected chi connectivity index (χ0v) is 20.0. The van der Waals surface area contributed by atoms with Crippen LogP contribution in [0.2, 0.25) is 0 Å². The Morgan fingerprint density at radius 3 is 2.20 bits per heavy atom. The van der Waals surface area contributed by atoms with Crippen LogP contribution in [0.3, 0.4) is 0 Å². The van der Waals surface area contributed by atoms with E-state index < -0.39 is 0 Å². The van der Waals surface area contributed by atoms with Crippen LogP contribution in [0.1, 0.15) is 52.1 Å². The quantitative estimate of drug-likeness (QED) is 0.431. The fourth-order valence-corrected chi connectivity index (χ4v) is 3.72. The molecule has 1 saturated carbocycles. The van der Waals surface area contributed by atoms with Crippen LogP contribution >= 0.6 is 0 Å². The molecule has 1 aliphatic rings. The van der Waals surface area contributed by atoms with Gasteiger partial charge in [0.1, 0.15) is 0 Å². The summed E-state index contributed by atoms with van der Waals surface area (Å²) in [6.07, 6.45) is 2.05. The number of rotatable bonds is 9. The van der Waals surface area contributed by atoms with E-state index in [-0.39, 0.29) is 36.3 Å². The summed E-state index contributed by atoms with van der Waals surface area (Å²) in [6.45, 7) is 2.18. The first kappa shape index (κ1) is 24.2. The van der Waals surface area contributed by atoms with Crippen LogP contribution in [0.15, 0.2) is 78.9 Å². The first-order chi connectivity index (χ1) is 16.9. The number of nitrogens with one attached hydrogen (secondary N) is 3. The Balaban J connectivity index is 1.33. The third kappa shape index (κ3) is 6.77. The molecule has 7 heteroatoms. The summed E-state index contributed by atoms with van der Waals surface area (Å²) in [5.74, 6) is -0.461. The van der Waals surface area contributed by atoms with Gasteiger partial charge in [-0.25, -0.2) is 0 Å². The van der Waals surface area contributed by atoms with Crippen LogP contribution in [0.25, 0.3) is 0 Å². The number of likely N-dealkylation sites (N-methyl/N-ethyl adjacent to an activating group) is 1. The van der Waals surface area contributed by atoms with E-state index in [1.807, 2.05) is 61.3 Å². The van der Waals surface area contributed by atoms with Crippen molar-refractivity contribution in [3.05, 3.63) is 95.6 Å². The number of amides is 3. The van der Waals surface area contributed by atoms with Crippen molar-refractivity contribution in [1.29, 1.82) is 0 Å². The lowest BCUT2D eigenvalue weighted by molar-refractivity contribution is -0.117. The molecule has 3 aromatic rings. The van der Waals surface area contributed by atoms with Gasteiger partial charge in [-0.15, -0.1) is 0 Å². The van der Waals surface area contributed by atoms with Gasteiger partial charge in [-0.1, -0.05) is 36.4 Å². The molecule has 0 aromatic heterocycles. The number of carbonyl (C=O) groups is 3. The topological polar surface area (TPSA) is 90.5 Å². The fraction of sp³-hybridized carbons (Fsp3) is 0.250. The Bertz CT molecular complexity index is 1210. The van der Waals surface area contributed by atoms with Crippen LogP contribution < -0.4 is 16.0 Å². The van der Waals surface area contributed by atoms with Crippen LogP contribution in [-0.4, -0.2) is 42.3 Å². The summed E-state index contributed by atoms with van der Waals surface area (Å²) in [5, 5.41) is 8.76. The van der Waals surface area contributed by atoms with E-state index in [0.29, 0.717) is 22.5 Å². The van der Waals surface area contributed by atoms with E-state index in [9.17, 15) is 14.4 Å². The average molecular weight is 471 g/mol. The van der Waals surface area contributed by atoms with Crippen molar-refractivity contribution in [2.24, 2.45) is 0 Å². The van der Waals surface area contributed by atoms with Gasteiger partial charge in [-0.3, -0.25) is 19.3 Å². The van der Waals surface area contributed by atoms with Crippen molar-refractivity contribution < 1.29 is 14.4 Å². The predicted octanol–water partition coefficient (Wildman–Crippen LogP) is 4.46. The van der Waals surface area contributed by atoms with Gasteiger partial charge in [0.2, 0.25) is 5.91 Å². The SMILES string of the molecule is CC(c1cccc(NC(=O)c2ccccc2)c1)N(C)CC(=O)Nc1cccc(C(=O)NC2CC2)c1. The summed E-state index contributed by atoms with van der Waals surface area (Å²) >= 11 is 0. The largest absolute Gasteiger partial charge is 0.349 e. The Hall–Kier alpha value is -3.97. The van der Waals surface area contributed by atoms with Crippen molar-refractivity contribution in [2.75, 3.05) is 24.2 Å². The van der Waals surface area contributed by atoms with Crippen LogP contribution in [0, 0.1) is 0 Å². The molecule has 0 saturated heterocycles. The molecule has 0 radical (unpaired) electrons. The van der Waals surface area contributed by atoms with Gasteiger partial charge in [-0.05, 0) is 74.8 Å². The van der Waals surface area contributed by atoms with Crippen molar-refractivity contribution in [2.45, 2.75) is 31.8 Å². The Labute approximate surface area is 205 Å². The normalized spacial score (nSPS) is 13.7. The zero-order chi connectivity index (χ0) is 24.8. The minimum atomic E-state index is -0.173. The first-order valence-corrected chi connectivity index (χ1v) is 11.8. The second-order valence-electron chi connectivity index (χ2n) is 8.91. The van der Waals surface area contributed by atoms with Gasteiger partial charge in [0, 0.05) is 34.6 Å². The average Bonchev–Trinajstić information content (AvgIpc) is 3.68. The molecule has 1 fully saturated rings. The minimum Gasteiger partial charge on any atom is -0.349 e. The molecule has 0 aliphatic heterocycles. The molecule has 3 N–H and O–H groups in total. The van der Waals surface area contributed by atoms with Gasteiger partial charge >= 0.3 is 0 Å². The molecule has 0 bridgehead atoms. The monoisotopic (exact) mass is 470 g/mol. The summed E-state index contributed by atoms with van der Waals surface area (Å²) in [5.41, 5.74) is 3.39. The van der Waals surface area contributed by atoms with Gasteiger partial charge in [0.05, 0.1) is 6.54 Å². The lowest BCUT2D eigenvalue weighted by atomic mass is 10.1. The van der Waals surface area contributed by atoms with Crippen LogP contribution in [-0.2, 0) is 4.79 Å². The summed E-state index contributed by atoms with van der Waals surface area (Å²) < 4.78 is 0. The number of anilines is 2. The maximum absolute atomic E-state index is 12.7. The Morgan fingerprint density at radius 1 is 0.829 bits per heavy atom.